The lowest BCUT2D eigenvalue weighted by Crippen LogP contribution is -2.36. The predicted octanol–water partition coefficient (Wildman–Crippen LogP) is 2.05. The van der Waals surface area contributed by atoms with Gasteiger partial charge in [0.1, 0.15) is 6.17 Å². The molecule has 1 aliphatic heterocycles. The molecule has 0 bridgehead atoms. The van der Waals surface area contributed by atoms with E-state index in [2.05, 4.69) is 4.90 Å². The van der Waals surface area contributed by atoms with Crippen LogP contribution in [0, 0.1) is 5.92 Å². The highest BCUT2D eigenvalue weighted by atomic mass is 19.1. The van der Waals surface area contributed by atoms with Crippen molar-refractivity contribution in [3.63, 3.8) is 0 Å². The number of hydrogen-bond donors (Lipinski definition) is 0. The molecule has 94 valence electrons. The SMILES string of the molecule is COC(=O)C1CCN(C2=CCC(F)C=C2)CC1. The number of carbonyl (C=O) groups excluding carboxylic acids is 1. The van der Waals surface area contributed by atoms with E-state index in [4.69, 9.17) is 4.74 Å². The maximum absolute atomic E-state index is 12.9. The molecule has 0 aromatic carbocycles. The summed E-state index contributed by atoms with van der Waals surface area (Å²) in [5.74, 6) is -0.0834. The van der Waals surface area contributed by atoms with Gasteiger partial charge in [0.2, 0.25) is 0 Å². The third kappa shape index (κ3) is 2.87. The monoisotopic (exact) mass is 239 g/mol. The zero-order chi connectivity index (χ0) is 12.3. The Morgan fingerprint density at radius 1 is 1.47 bits per heavy atom. The number of ether oxygens (including phenoxy) is 1. The van der Waals surface area contributed by atoms with Crippen molar-refractivity contribution in [3.05, 3.63) is 23.9 Å². The van der Waals surface area contributed by atoms with E-state index in [0.717, 1.165) is 31.6 Å². The van der Waals surface area contributed by atoms with Gasteiger partial charge in [-0.1, -0.05) is 6.08 Å². The summed E-state index contributed by atoms with van der Waals surface area (Å²) in [5.41, 5.74) is 1.09. The number of allylic oxidation sites excluding steroid dienone is 3. The van der Waals surface area contributed by atoms with E-state index < -0.39 is 6.17 Å². The van der Waals surface area contributed by atoms with E-state index >= 15 is 0 Å². The molecule has 0 radical (unpaired) electrons. The molecule has 2 aliphatic rings. The minimum Gasteiger partial charge on any atom is -0.469 e. The largest absolute Gasteiger partial charge is 0.469 e. The van der Waals surface area contributed by atoms with Crippen molar-refractivity contribution in [1.29, 1.82) is 0 Å². The van der Waals surface area contributed by atoms with Gasteiger partial charge in [-0.25, -0.2) is 4.39 Å². The summed E-state index contributed by atoms with van der Waals surface area (Å²) in [6.45, 7) is 1.68. The molecule has 1 atom stereocenters. The van der Waals surface area contributed by atoms with Crippen LogP contribution in [-0.4, -0.2) is 37.2 Å². The highest BCUT2D eigenvalue weighted by Gasteiger charge is 2.26. The first-order chi connectivity index (χ1) is 8.20. The molecule has 3 nitrogen and oxygen atoms in total. The van der Waals surface area contributed by atoms with Crippen LogP contribution in [0.2, 0.25) is 0 Å². The first kappa shape index (κ1) is 12.1. The Labute approximate surface area is 101 Å². The quantitative estimate of drug-likeness (QED) is 0.691. The standard InChI is InChI=1S/C13H18FNO2/c1-17-13(16)10-6-8-15(9-7-10)12-4-2-11(14)3-5-12/h2,4-5,10-11H,3,6-9H2,1H3. The van der Waals surface area contributed by atoms with Crippen LogP contribution in [0.25, 0.3) is 0 Å². The third-order valence-electron chi connectivity index (χ3n) is 3.42. The lowest BCUT2D eigenvalue weighted by Gasteiger charge is -2.34. The van der Waals surface area contributed by atoms with Crippen LogP contribution in [0.5, 0.6) is 0 Å². The van der Waals surface area contributed by atoms with Gasteiger partial charge in [-0.3, -0.25) is 4.79 Å². The number of likely N-dealkylation sites (tertiary alicyclic amines) is 1. The fraction of sp³-hybridized carbons (Fsp3) is 0.615. The number of rotatable bonds is 2. The molecule has 4 heteroatoms. The molecular formula is C13H18FNO2. The van der Waals surface area contributed by atoms with Crippen LogP contribution in [0.3, 0.4) is 0 Å². The molecule has 0 spiro atoms. The lowest BCUT2D eigenvalue weighted by molar-refractivity contribution is -0.146. The van der Waals surface area contributed by atoms with Gasteiger partial charge in [-0.05, 0) is 25.0 Å². The lowest BCUT2D eigenvalue weighted by atomic mass is 9.96. The van der Waals surface area contributed by atoms with Crippen molar-refractivity contribution in [3.8, 4) is 0 Å². The van der Waals surface area contributed by atoms with E-state index in [-0.39, 0.29) is 11.9 Å². The summed E-state index contributed by atoms with van der Waals surface area (Å²) in [5, 5.41) is 0. The van der Waals surface area contributed by atoms with Crippen LogP contribution < -0.4 is 0 Å². The summed E-state index contributed by atoms with van der Waals surface area (Å²) in [6, 6.07) is 0. The topological polar surface area (TPSA) is 29.5 Å². The van der Waals surface area contributed by atoms with Crippen LogP contribution in [0.15, 0.2) is 23.9 Å². The maximum Gasteiger partial charge on any atom is 0.308 e. The van der Waals surface area contributed by atoms with Crippen LogP contribution in [-0.2, 0) is 9.53 Å². The van der Waals surface area contributed by atoms with Gasteiger partial charge in [-0.2, -0.15) is 0 Å². The van der Waals surface area contributed by atoms with Crippen molar-refractivity contribution >= 4 is 5.97 Å². The van der Waals surface area contributed by atoms with Crippen LogP contribution >= 0.6 is 0 Å². The molecule has 0 N–H and O–H groups in total. The second kappa shape index (κ2) is 5.34. The summed E-state index contributed by atoms with van der Waals surface area (Å²) < 4.78 is 17.7. The molecule has 1 unspecified atom stereocenters. The average molecular weight is 239 g/mol. The molecule has 0 saturated carbocycles. The Hall–Kier alpha value is -1.32. The fourth-order valence-corrected chi connectivity index (χ4v) is 2.36. The summed E-state index contributed by atoms with van der Waals surface area (Å²) in [4.78, 5) is 13.6. The van der Waals surface area contributed by atoms with Gasteiger partial charge in [-0.15, -0.1) is 0 Å². The summed E-state index contributed by atoms with van der Waals surface area (Å²) in [6.07, 6.45) is 6.63. The number of hydrogen-bond acceptors (Lipinski definition) is 3. The van der Waals surface area contributed by atoms with Crippen molar-refractivity contribution in [2.45, 2.75) is 25.4 Å². The van der Waals surface area contributed by atoms with E-state index in [0.29, 0.717) is 6.42 Å². The van der Waals surface area contributed by atoms with Gasteiger partial charge in [0, 0.05) is 25.2 Å². The molecule has 0 aromatic rings. The second-order valence-corrected chi connectivity index (χ2v) is 4.52. The second-order valence-electron chi connectivity index (χ2n) is 4.52. The predicted molar refractivity (Wildman–Crippen MR) is 63.0 cm³/mol. The third-order valence-corrected chi connectivity index (χ3v) is 3.42. The van der Waals surface area contributed by atoms with Crippen molar-refractivity contribution < 1.29 is 13.9 Å². The van der Waals surface area contributed by atoms with Gasteiger partial charge in [0.25, 0.3) is 0 Å². The van der Waals surface area contributed by atoms with Crippen LogP contribution in [0.1, 0.15) is 19.3 Å². The number of nitrogens with zero attached hydrogens (tertiary/aromatic N) is 1. The molecule has 17 heavy (non-hydrogen) atoms. The molecular weight excluding hydrogens is 221 g/mol. The summed E-state index contributed by atoms with van der Waals surface area (Å²) >= 11 is 0. The molecule has 1 fully saturated rings. The Bertz CT molecular complexity index is 343. The van der Waals surface area contributed by atoms with Gasteiger partial charge in [0.15, 0.2) is 0 Å². The Morgan fingerprint density at radius 3 is 2.71 bits per heavy atom. The minimum absolute atomic E-state index is 0.0262. The Morgan fingerprint density at radius 2 is 2.18 bits per heavy atom. The van der Waals surface area contributed by atoms with Crippen molar-refractivity contribution in [1.82, 2.24) is 4.90 Å². The highest BCUT2D eigenvalue weighted by Crippen LogP contribution is 2.24. The Kier molecular flexibility index (Phi) is 3.82. The highest BCUT2D eigenvalue weighted by molar-refractivity contribution is 5.72. The molecule has 2 rings (SSSR count). The number of esters is 1. The molecule has 1 saturated heterocycles. The maximum atomic E-state index is 12.9. The first-order valence-corrected chi connectivity index (χ1v) is 6.06. The van der Waals surface area contributed by atoms with Gasteiger partial charge in [0.05, 0.1) is 13.0 Å². The number of methoxy groups -OCH3 is 1. The molecule has 0 aromatic heterocycles. The van der Waals surface area contributed by atoms with E-state index in [9.17, 15) is 9.18 Å². The normalized spacial score (nSPS) is 25.6. The zero-order valence-corrected chi connectivity index (χ0v) is 10.1. The van der Waals surface area contributed by atoms with Crippen molar-refractivity contribution in [2.24, 2.45) is 5.92 Å². The first-order valence-electron chi connectivity index (χ1n) is 6.06. The molecule has 1 aliphatic carbocycles. The van der Waals surface area contributed by atoms with Crippen LogP contribution in [0.4, 0.5) is 4.39 Å². The fourth-order valence-electron chi connectivity index (χ4n) is 2.36. The van der Waals surface area contributed by atoms with Gasteiger partial charge < -0.3 is 9.64 Å². The zero-order valence-electron chi connectivity index (χ0n) is 10.1. The number of alkyl halides is 1. The van der Waals surface area contributed by atoms with Crippen molar-refractivity contribution in [2.75, 3.05) is 20.2 Å². The van der Waals surface area contributed by atoms with E-state index in [1.54, 1.807) is 6.08 Å². The number of piperidine rings is 1. The summed E-state index contributed by atoms with van der Waals surface area (Å²) in [7, 11) is 1.43. The number of halogens is 1. The molecule has 0 amide bonds. The average Bonchev–Trinajstić information content (AvgIpc) is 2.39. The van der Waals surface area contributed by atoms with Gasteiger partial charge >= 0.3 is 5.97 Å². The molecule has 1 heterocycles. The minimum atomic E-state index is -0.841. The van der Waals surface area contributed by atoms with E-state index in [1.807, 2.05) is 12.2 Å². The Balaban J connectivity index is 1.87. The smallest absolute Gasteiger partial charge is 0.308 e. The number of carbonyl (C=O) groups is 1. The van der Waals surface area contributed by atoms with E-state index in [1.165, 1.54) is 7.11 Å².